The van der Waals surface area contributed by atoms with Crippen LogP contribution in [0.25, 0.3) is 0 Å². The van der Waals surface area contributed by atoms with Crippen molar-refractivity contribution in [3.63, 3.8) is 0 Å². The molecule has 0 amide bonds. The molecule has 1 aliphatic heterocycles. The molecule has 1 aromatic heterocycles. The normalized spacial score (nSPS) is 21.6. The van der Waals surface area contributed by atoms with Crippen LogP contribution < -0.4 is 0 Å². The minimum Gasteiger partial charge on any atom is -0.297 e. The van der Waals surface area contributed by atoms with Gasteiger partial charge < -0.3 is 0 Å². The third-order valence-electron chi connectivity index (χ3n) is 1.98. The number of pyridine rings is 1. The minimum absolute atomic E-state index is 0.443. The quantitative estimate of drug-likeness (QED) is 0.720. The van der Waals surface area contributed by atoms with Crippen LogP contribution in [-0.2, 0) is 0 Å². The highest BCUT2D eigenvalue weighted by molar-refractivity contribution is 9.10. The highest BCUT2D eigenvalue weighted by Crippen LogP contribution is 2.20. The summed E-state index contributed by atoms with van der Waals surface area (Å²) in [5.41, 5.74) is 1.12. The third-order valence-corrected chi connectivity index (χ3v) is 2.45. The summed E-state index contributed by atoms with van der Waals surface area (Å²) >= 11 is 3.36. The Morgan fingerprint density at radius 3 is 2.92 bits per heavy atom. The largest absolute Gasteiger partial charge is 0.297 e. The summed E-state index contributed by atoms with van der Waals surface area (Å²) in [6, 6.07) is 4.07. The van der Waals surface area contributed by atoms with E-state index in [9.17, 15) is 0 Å². The predicted octanol–water partition coefficient (Wildman–Crippen LogP) is 2.40. The smallest absolute Gasteiger partial charge is 0.0489 e. The summed E-state index contributed by atoms with van der Waals surface area (Å²) in [6.45, 7) is 0.947. The highest BCUT2D eigenvalue weighted by Gasteiger charge is 2.13. The number of aromatic nitrogens is 1. The maximum absolute atomic E-state index is 4.32. The van der Waals surface area contributed by atoms with Crippen molar-refractivity contribution in [2.75, 3.05) is 6.54 Å². The van der Waals surface area contributed by atoms with Gasteiger partial charge in [-0.25, -0.2) is 0 Å². The zero-order valence-corrected chi connectivity index (χ0v) is 8.16. The second kappa shape index (κ2) is 3.35. The van der Waals surface area contributed by atoms with Gasteiger partial charge in [-0.3, -0.25) is 9.98 Å². The second-order valence-corrected chi connectivity index (χ2v) is 3.77. The van der Waals surface area contributed by atoms with Crippen molar-refractivity contribution >= 4 is 22.1 Å². The molecule has 0 saturated heterocycles. The lowest BCUT2D eigenvalue weighted by Gasteiger charge is -2.03. The Bertz CT molecular complexity index is 292. The molecule has 0 fully saturated rings. The fourth-order valence-corrected chi connectivity index (χ4v) is 1.56. The van der Waals surface area contributed by atoms with Gasteiger partial charge in [-0.05, 0) is 34.5 Å². The van der Waals surface area contributed by atoms with Gasteiger partial charge in [0, 0.05) is 35.0 Å². The first-order valence-electron chi connectivity index (χ1n) is 3.97. The summed E-state index contributed by atoms with van der Waals surface area (Å²) in [4.78, 5) is 8.51. The summed E-state index contributed by atoms with van der Waals surface area (Å²) in [5.74, 6) is 0.443. The summed E-state index contributed by atoms with van der Waals surface area (Å²) < 4.78 is 1.03. The molecule has 1 aromatic rings. The van der Waals surface area contributed by atoms with Gasteiger partial charge >= 0.3 is 0 Å². The molecular formula is C9H9BrN2. The number of hydrogen-bond donors (Lipinski definition) is 0. The van der Waals surface area contributed by atoms with E-state index in [1.165, 1.54) is 0 Å². The molecule has 0 spiro atoms. The number of rotatable bonds is 1. The number of aliphatic imine (C=N–C) groups is 1. The molecule has 1 aliphatic rings. The van der Waals surface area contributed by atoms with E-state index in [0.717, 1.165) is 23.1 Å². The first-order valence-corrected chi connectivity index (χ1v) is 4.77. The standard InChI is InChI=1S/C9H9BrN2/c10-8-1-2-9(12-6-8)7-3-4-11-5-7/h1-2,5-7H,3-4H2. The Balaban J connectivity index is 2.23. The van der Waals surface area contributed by atoms with Crippen molar-refractivity contribution in [3.05, 3.63) is 28.5 Å². The van der Waals surface area contributed by atoms with E-state index in [-0.39, 0.29) is 0 Å². The van der Waals surface area contributed by atoms with Crippen LogP contribution in [0.15, 0.2) is 27.8 Å². The van der Waals surface area contributed by atoms with Crippen LogP contribution in [0.2, 0.25) is 0 Å². The molecule has 0 bridgehead atoms. The highest BCUT2D eigenvalue weighted by atomic mass is 79.9. The number of nitrogens with zero attached hydrogens (tertiary/aromatic N) is 2. The lowest BCUT2D eigenvalue weighted by atomic mass is 10.1. The molecule has 3 heteroatoms. The topological polar surface area (TPSA) is 25.2 Å². The molecule has 0 radical (unpaired) electrons. The van der Waals surface area contributed by atoms with Crippen LogP contribution in [0.1, 0.15) is 18.0 Å². The average molecular weight is 225 g/mol. The molecule has 0 aliphatic carbocycles. The molecule has 2 heterocycles. The van der Waals surface area contributed by atoms with E-state index in [1.807, 2.05) is 24.5 Å². The molecule has 0 N–H and O–H groups in total. The molecule has 62 valence electrons. The fraction of sp³-hybridized carbons (Fsp3) is 0.333. The first kappa shape index (κ1) is 7.92. The molecule has 1 atom stereocenters. The second-order valence-electron chi connectivity index (χ2n) is 2.85. The Labute approximate surface area is 79.9 Å². The summed E-state index contributed by atoms with van der Waals surface area (Å²) in [7, 11) is 0. The van der Waals surface area contributed by atoms with Gasteiger partial charge in [0.2, 0.25) is 0 Å². The lowest BCUT2D eigenvalue weighted by molar-refractivity contribution is 0.818. The van der Waals surface area contributed by atoms with Gasteiger partial charge in [0.05, 0.1) is 0 Å². The lowest BCUT2D eigenvalue weighted by Crippen LogP contribution is -1.98. The van der Waals surface area contributed by atoms with Crippen LogP contribution in [0.5, 0.6) is 0 Å². The molecular weight excluding hydrogens is 216 g/mol. The number of hydrogen-bond acceptors (Lipinski definition) is 2. The molecule has 2 nitrogen and oxygen atoms in total. The first-order chi connectivity index (χ1) is 5.86. The average Bonchev–Trinajstić information content (AvgIpc) is 2.58. The van der Waals surface area contributed by atoms with E-state index in [0.29, 0.717) is 5.92 Å². The molecule has 1 unspecified atom stereocenters. The van der Waals surface area contributed by atoms with Crippen LogP contribution >= 0.6 is 15.9 Å². The molecule has 12 heavy (non-hydrogen) atoms. The summed E-state index contributed by atoms with van der Waals surface area (Å²) in [5, 5.41) is 0. The van der Waals surface area contributed by atoms with Crippen molar-refractivity contribution < 1.29 is 0 Å². The Hall–Kier alpha value is -0.700. The Kier molecular flexibility index (Phi) is 2.21. The Morgan fingerprint density at radius 2 is 2.33 bits per heavy atom. The fourth-order valence-electron chi connectivity index (χ4n) is 1.32. The molecule has 0 aromatic carbocycles. The van der Waals surface area contributed by atoms with E-state index in [4.69, 9.17) is 0 Å². The number of halogens is 1. The van der Waals surface area contributed by atoms with E-state index in [2.05, 4.69) is 25.9 Å². The monoisotopic (exact) mass is 224 g/mol. The Morgan fingerprint density at radius 1 is 1.42 bits per heavy atom. The van der Waals surface area contributed by atoms with E-state index in [1.54, 1.807) is 0 Å². The van der Waals surface area contributed by atoms with Gasteiger partial charge in [0.25, 0.3) is 0 Å². The zero-order chi connectivity index (χ0) is 8.39. The summed E-state index contributed by atoms with van der Waals surface area (Å²) in [6.07, 6.45) is 4.94. The van der Waals surface area contributed by atoms with Crippen LogP contribution in [0, 0.1) is 0 Å². The predicted molar refractivity (Wildman–Crippen MR) is 52.7 cm³/mol. The van der Waals surface area contributed by atoms with Crippen molar-refractivity contribution in [2.24, 2.45) is 4.99 Å². The van der Waals surface area contributed by atoms with Gasteiger partial charge in [-0.15, -0.1) is 0 Å². The molecule has 2 rings (SSSR count). The maximum atomic E-state index is 4.32. The van der Waals surface area contributed by atoms with Crippen LogP contribution in [0.4, 0.5) is 0 Å². The van der Waals surface area contributed by atoms with Crippen molar-refractivity contribution in [1.29, 1.82) is 0 Å². The van der Waals surface area contributed by atoms with Crippen molar-refractivity contribution in [3.8, 4) is 0 Å². The van der Waals surface area contributed by atoms with Gasteiger partial charge in [0.15, 0.2) is 0 Å². The van der Waals surface area contributed by atoms with Crippen molar-refractivity contribution in [1.82, 2.24) is 4.98 Å². The maximum Gasteiger partial charge on any atom is 0.0489 e. The third kappa shape index (κ3) is 1.55. The van der Waals surface area contributed by atoms with Crippen LogP contribution in [0.3, 0.4) is 0 Å². The zero-order valence-electron chi connectivity index (χ0n) is 6.57. The SMILES string of the molecule is Brc1ccc(C2C=NCC2)nc1. The van der Waals surface area contributed by atoms with Crippen LogP contribution in [-0.4, -0.2) is 17.7 Å². The van der Waals surface area contributed by atoms with E-state index >= 15 is 0 Å². The molecule has 0 saturated carbocycles. The van der Waals surface area contributed by atoms with Gasteiger partial charge in [-0.2, -0.15) is 0 Å². The van der Waals surface area contributed by atoms with E-state index < -0.39 is 0 Å². The van der Waals surface area contributed by atoms with Gasteiger partial charge in [0.1, 0.15) is 0 Å². The minimum atomic E-state index is 0.443. The van der Waals surface area contributed by atoms with Gasteiger partial charge in [-0.1, -0.05) is 0 Å². The van der Waals surface area contributed by atoms with Crippen molar-refractivity contribution in [2.45, 2.75) is 12.3 Å².